The number of hydrogen-bond acceptors (Lipinski definition) is 15. The number of rotatable bonds is 70. The first-order valence-corrected chi connectivity index (χ1v) is 40.8. The quantitative estimate of drug-likeness (QED) is 0.0222. The normalized spacial score (nSPS) is 15.1. The largest absolute Gasteiger partial charge is 0.472 e. The molecule has 0 aliphatic heterocycles. The van der Waals surface area contributed by atoms with Crippen molar-refractivity contribution in [3.63, 3.8) is 0 Å². The van der Waals surface area contributed by atoms with Crippen LogP contribution in [0.3, 0.4) is 0 Å². The lowest BCUT2D eigenvalue weighted by atomic mass is 9.99. The van der Waals surface area contributed by atoms with Crippen molar-refractivity contribution >= 4 is 39.5 Å². The standard InChI is InChI=1S/C73H142O17P2/c1-9-64(6)50-42-34-26-20-15-17-22-28-37-45-53-70(75)83-59-68(89-72(77)55-47-39-29-23-14-12-13-19-25-33-41-49-63(4)5)61-87-91(79,80)85-57-67(74)58-86-92(81,82)88-62-69(60-84-71(76)54-46-38-32-31-36-44-52-66(8)11-3)90-73(78)56-48-40-30-24-18-16-21-27-35-43-51-65(7)10-2/h63-69,74H,9-62H2,1-8H3,(H,79,80)(H,81,82)/t64?,65?,66?,67-,68-,69-/m1/s1. The molecule has 0 aromatic heterocycles. The Balaban J connectivity index is 5.28. The summed E-state index contributed by atoms with van der Waals surface area (Å²) in [5.41, 5.74) is 0. The summed E-state index contributed by atoms with van der Waals surface area (Å²) in [4.78, 5) is 72.7. The van der Waals surface area contributed by atoms with Crippen LogP contribution in [0.15, 0.2) is 0 Å². The molecule has 0 saturated carbocycles. The molecule has 0 rings (SSSR count). The van der Waals surface area contributed by atoms with E-state index in [4.69, 9.17) is 37.0 Å². The van der Waals surface area contributed by atoms with Gasteiger partial charge in [-0.3, -0.25) is 37.3 Å². The van der Waals surface area contributed by atoms with Crippen molar-refractivity contribution in [1.29, 1.82) is 0 Å². The van der Waals surface area contributed by atoms with Crippen LogP contribution >= 0.6 is 15.6 Å². The minimum atomic E-state index is -4.96. The monoisotopic (exact) mass is 1350 g/mol. The molecule has 0 heterocycles. The van der Waals surface area contributed by atoms with E-state index in [9.17, 15) is 43.2 Å². The molecule has 0 radical (unpaired) electrons. The number of unbranched alkanes of at least 4 members (excludes halogenated alkanes) is 33. The van der Waals surface area contributed by atoms with E-state index >= 15 is 0 Å². The molecular formula is C73H142O17P2. The lowest BCUT2D eigenvalue weighted by molar-refractivity contribution is -0.161. The summed E-state index contributed by atoms with van der Waals surface area (Å²) < 4.78 is 68.4. The molecule has 0 aromatic carbocycles. The first kappa shape index (κ1) is 90.1. The van der Waals surface area contributed by atoms with Gasteiger partial charge in [0.25, 0.3) is 0 Å². The van der Waals surface area contributed by atoms with Crippen LogP contribution in [0.5, 0.6) is 0 Å². The van der Waals surface area contributed by atoms with Gasteiger partial charge in [0.05, 0.1) is 26.4 Å². The minimum Gasteiger partial charge on any atom is -0.462 e. The van der Waals surface area contributed by atoms with Gasteiger partial charge >= 0.3 is 39.5 Å². The second-order valence-electron chi connectivity index (χ2n) is 27.5. The van der Waals surface area contributed by atoms with Crippen LogP contribution in [0.2, 0.25) is 0 Å². The average Bonchev–Trinajstić information content (AvgIpc) is 2.56. The zero-order valence-corrected chi connectivity index (χ0v) is 62.0. The highest BCUT2D eigenvalue weighted by molar-refractivity contribution is 7.47. The number of phosphoric ester groups is 2. The number of phosphoric acid groups is 2. The number of carbonyl (C=O) groups is 4. The predicted octanol–water partition coefficient (Wildman–Crippen LogP) is 20.9. The van der Waals surface area contributed by atoms with Crippen molar-refractivity contribution in [2.45, 2.75) is 382 Å². The lowest BCUT2D eigenvalue weighted by Crippen LogP contribution is -2.30. The zero-order valence-electron chi connectivity index (χ0n) is 60.2. The summed E-state index contributed by atoms with van der Waals surface area (Å²) in [6.45, 7) is 14.2. The summed E-state index contributed by atoms with van der Waals surface area (Å²) >= 11 is 0. The Bertz CT molecular complexity index is 1820. The SMILES string of the molecule is CCC(C)CCCCCCCCCCCCC(=O)OC[C@H](COP(=O)(O)OC[C@@H](O)COP(=O)(O)OC[C@@H](COC(=O)CCCCCCCCC(C)CC)OC(=O)CCCCCCCCCCCCC(C)CC)OC(=O)CCCCCCCCCCCCCC(C)C. The molecule has 0 bridgehead atoms. The summed E-state index contributed by atoms with van der Waals surface area (Å²) in [5.74, 6) is 0.983. The van der Waals surface area contributed by atoms with Crippen LogP contribution in [-0.4, -0.2) is 96.7 Å². The molecule has 0 saturated heterocycles. The number of hydrogen-bond donors (Lipinski definition) is 3. The highest BCUT2D eigenvalue weighted by Crippen LogP contribution is 2.45. The number of aliphatic hydroxyl groups is 1. The van der Waals surface area contributed by atoms with Gasteiger partial charge in [-0.05, 0) is 49.4 Å². The highest BCUT2D eigenvalue weighted by Gasteiger charge is 2.30. The van der Waals surface area contributed by atoms with Gasteiger partial charge in [-0.15, -0.1) is 0 Å². The summed E-state index contributed by atoms with van der Waals surface area (Å²) in [6.07, 6.45) is 45.6. The topological polar surface area (TPSA) is 237 Å². The fraction of sp³-hybridized carbons (Fsp3) is 0.945. The number of aliphatic hydroxyl groups excluding tert-OH is 1. The van der Waals surface area contributed by atoms with E-state index in [1.165, 1.54) is 161 Å². The Hall–Kier alpha value is -1.94. The van der Waals surface area contributed by atoms with Crippen LogP contribution < -0.4 is 0 Å². The van der Waals surface area contributed by atoms with E-state index in [2.05, 4.69) is 55.4 Å². The molecule has 92 heavy (non-hydrogen) atoms. The van der Waals surface area contributed by atoms with Gasteiger partial charge in [-0.25, -0.2) is 9.13 Å². The average molecular weight is 1350 g/mol. The second kappa shape index (κ2) is 62.6. The third-order valence-corrected chi connectivity index (χ3v) is 19.8. The maximum Gasteiger partial charge on any atom is 0.472 e. The van der Waals surface area contributed by atoms with E-state index in [0.717, 1.165) is 120 Å². The predicted molar refractivity (Wildman–Crippen MR) is 372 cm³/mol. The van der Waals surface area contributed by atoms with E-state index in [-0.39, 0.29) is 25.7 Å². The maximum atomic E-state index is 13.1. The van der Waals surface area contributed by atoms with Gasteiger partial charge in [0.2, 0.25) is 0 Å². The Morgan fingerprint density at radius 3 is 0.772 bits per heavy atom. The van der Waals surface area contributed by atoms with Crippen LogP contribution in [0.25, 0.3) is 0 Å². The van der Waals surface area contributed by atoms with Gasteiger partial charge in [0, 0.05) is 25.7 Å². The van der Waals surface area contributed by atoms with Crippen molar-refractivity contribution in [3.05, 3.63) is 0 Å². The van der Waals surface area contributed by atoms with E-state index < -0.39 is 97.5 Å². The second-order valence-corrected chi connectivity index (χ2v) is 30.4. The van der Waals surface area contributed by atoms with Gasteiger partial charge < -0.3 is 33.8 Å². The van der Waals surface area contributed by atoms with Crippen LogP contribution in [-0.2, 0) is 65.4 Å². The zero-order chi connectivity index (χ0) is 68.2. The lowest BCUT2D eigenvalue weighted by Gasteiger charge is -2.21. The molecule has 0 spiro atoms. The van der Waals surface area contributed by atoms with Crippen molar-refractivity contribution in [2.24, 2.45) is 23.7 Å². The highest BCUT2D eigenvalue weighted by atomic mass is 31.2. The Labute approximate surface area is 562 Å². The molecule has 546 valence electrons. The summed E-state index contributed by atoms with van der Waals surface area (Å²) in [7, 11) is -9.91. The smallest absolute Gasteiger partial charge is 0.462 e. The Kier molecular flexibility index (Phi) is 61.3. The fourth-order valence-corrected chi connectivity index (χ4v) is 12.5. The maximum absolute atomic E-state index is 13.1. The molecule has 8 atom stereocenters. The van der Waals surface area contributed by atoms with Gasteiger partial charge in [0.1, 0.15) is 19.3 Å². The minimum absolute atomic E-state index is 0.105. The molecule has 0 aromatic rings. The van der Waals surface area contributed by atoms with Crippen LogP contribution in [0.4, 0.5) is 0 Å². The number of ether oxygens (including phenoxy) is 4. The molecular weight excluding hydrogens is 1210 g/mol. The van der Waals surface area contributed by atoms with Crippen molar-refractivity contribution in [2.75, 3.05) is 39.6 Å². The van der Waals surface area contributed by atoms with E-state index in [1.54, 1.807) is 0 Å². The van der Waals surface area contributed by atoms with Crippen molar-refractivity contribution < 1.29 is 80.2 Å². The van der Waals surface area contributed by atoms with Crippen molar-refractivity contribution in [3.8, 4) is 0 Å². The third kappa shape index (κ3) is 62.8. The molecule has 5 unspecified atom stereocenters. The molecule has 0 aliphatic carbocycles. The van der Waals surface area contributed by atoms with Crippen LogP contribution in [0, 0.1) is 23.7 Å². The first-order chi connectivity index (χ1) is 44.2. The fourth-order valence-electron chi connectivity index (χ4n) is 10.9. The molecule has 3 N–H and O–H groups in total. The van der Waals surface area contributed by atoms with E-state index in [1.807, 2.05) is 0 Å². The number of esters is 4. The van der Waals surface area contributed by atoms with Gasteiger partial charge in [-0.1, -0.05) is 312 Å². The molecule has 17 nitrogen and oxygen atoms in total. The van der Waals surface area contributed by atoms with Crippen molar-refractivity contribution in [1.82, 2.24) is 0 Å². The van der Waals surface area contributed by atoms with E-state index in [0.29, 0.717) is 25.7 Å². The summed E-state index contributed by atoms with van der Waals surface area (Å²) in [6, 6.07) is 0. The van der Waals surface area contributed by atoms with Gasteiger partial charge in [-0.2, -0.15) is 0 Å². The third-order valence-electron chi connectivity index (χ3n) is 17.9. The molecule has 0 aliphatic rings. The van der Waals surface area contributed by atoms with Gasteiger partial charge in [0.15, 0.2) is 12.2 Å². The first-order valence-electron chi connectivity index (χ1n) is 37.8. The van der Waals surface area contributed by atoms with Crippen LogP contribution in [0.1, 0.15) is 364 Å². The number of carbonyl (C=O) groups excluding carboxylic acids is 4. The summed E-state index contributed by atoms with van der Waals surface area (Å²) in [5, 5.41) is 10.6. The molecule has 0 fully saturated rings. The Morgan fingerprint density at radius 1 is 0.304 bits per heavy atom. The molecule has 0 amide bonds. The Morgan fingerprint density at radius 2 is 0.522 bits per heavy atom. The molecule has 19 heteroatoms.